The molecule has 0 spiro atoms. The van der Waals surface area contributed by atoms with Gasteiger partial charge >= 0.3 is 0 Å². The van der Waals surface area contributed by atoms with Gasteiger partial charge in [0.05, 0.1) is 10.6 Å². The third-order valence-corrected chi connectivity index (χ3v) is 5.14. The topological polar surface area (TPSA) is 59.9 Å². The van der Waals surface area contributed by atoms with Crippen LogP contribution in [0.2, 0.25) is 0 Å². The second-order valence-corrected chi connectivity index (χ2v) is 6.96. The lowest BCUT2D eigenvalue weighted by Gasteiger charge is -2.22. The van der Waals surface area contributed by atoms with E-state index in [0.29, 0.717) is 10.1 Å². The molecular formula is C20H22N2O3S. The second kappa shape index (κ2) is 8.49. The molecule has 0 bridgehead atoms. The maximum absolute atomic E-state index is 12.2. The van der Waals surface area contributed by atoms with Crippen LogP contribution in [-0.4, -0.2) is 37.5 Å². The van der Waals surface area contributed by atoms with E-state index in [4.69, 9.17) is 9.47 Å². The molecule has 0 unspecified atom stereocenters. The first-order valence-corrected chi connectivity index (χ1v) is 9.28. The zero-order valence-corrected chi connectivity index (χ0v) is 15.9. The predicted octanol–water partition coefficient (Wildman–Crippen LogP) is 3.51. The molecule has 1 saturated heterocycles. The number of amidine groups is 1. The molecular weight excluding hydrogens is 348 g/mol. The summed E-state index contributed by atoms with van der Waals surface area (Å²) in [5.74, 6) is -0.143. The van der Waals surface area contributed by atoms with Crippen LogP contribution in [0.3, 0.4) is 0 Å². The van der Waals surface area contributed by atoms with Crippen LogP contribution in [0.25, 0.3) is 0 Å². The van der Waals surface area contributed by atoms with Crippen LogP contribution in [0.5, 0.6) is 0 Å². The Hall–Kier alpha value is -2.15. The summed E-state index contributed by atoms with van der Waals surface area (Å²) in [6.45, 7) is 2.11. The number of aliphatic imine (C=N–C) groups is 1. The minimum absolute atomic E-state index is 0.115. The molecule has 26 heavy (non-hydrogen) atoms. The summed E-state index contributed by atoms with van der Waals surface area (Å²) in [6, 6.07) is 8.01. The van der Waals surface area contributed by atoms with Gasteiger partial charge in [-0.25, -0.2) is 4.99 Å². The average Bonchev–Trinajstić information content (AvgIpc) is 3.01. The van der Waals surface area contributed by atoms with Gasteiger partial charge in [0.1, 0.15) is 12.2 Å². The molecule has 1 fully saturated rings. The monoisotopic (exact) mass is 370 g/mol. The van der Waals surface area contributed by atoms with Gasteiger partial charge in [0.15, 0.2) is 5.17 Å². The first kappa shape index (κ1) is 18.6. The van der Waals surface area contributed by atoms with Crippen LogP contribution in [0, 0.1) is 0 Å². The van der Waals surface area contributed by atoms with Crippen molar-refractivity contribution in [2.24, 2.45) is 4.99 Å². The molecule has 2 atom stereocenters. The van der Waals surface area contributed by atoms with Gasteiger partial charge in [0, 0.05) is 14.2 Å². The largest absolute Gasteiger partial charge is 0.374 e. The molecule has 3 rings (SSSR count). The van der Waals surface area contributed by atoms with Gasteiger partial charge in [0.25, 0.3) is 5.91 Å². The number of nitrogens with one attached hydrogen (secondary N) is 1. The third-order valence-electron chi connectivity index (χ3n) is 4.23. The molecule has 1 aromatic rings. The van der Waals surface area contributed by atoms with Gasteiger partial charge in [0.2, 0.25) is 0 Å². The SMILES string of the molecule is CCc1ccc(N=C2NC(=O)/C(=C/C3=C[C@H](OC)[C@H](OC)C=C3)S2)cc1. The van der Waals surface area contributed by atoms with Crippen LogP contribution < -0.4 is 5.32 Å². The Bertz CT molecular complexity index is 794. The maximum Gasteiger partial charge on any atom is 0.264 e. The van der Waals surface area contributed by atoms with E-state index in [0.717, 1.165) is 17.7 Å². The quantitative estimate of drug-likeness (QED) is 0.806. The average molecular weight is 370 g/mol. The molecule has 1 N–H and O–H groups in total. The number of thioether (sulfide) groups is 1. The summed E-state index contributed by atoms with van der Waals surface area (Å²) in [4.78, 5) is 17.3. The number of aryl methyl sites for hydroxylation is 1. The first-order valence-electron chi connectivity index (χ1n) is 8.47. The lowest BCUT2D eigenvalue weighted by Crippen LogP contribution is -2.28. The van der Waals surface area contributed by atoms with Gasteiger partial charge in [-0.2, -0.15) is 0 Å². The van der Waals surface area contributed by atoms with Crippen molar-refractivity contribution in [1.29, 1.82) is 0 Å². The van der Waals surface area contributed by atoms with Crippen molar-refractivity contribution in [3.63, 3.8) is 0 Å². The molecule has 0 aromatic heterocycles. The van der Waals surface area contributed by atoms with Gasteiger partial charge in [-0.15, -0.1) is 0 Å². The zero-order chi connectivity index (χ0) is 18.5. The van der Waals surface area contributed by atoms with Crippen molar-refractivity contribution in [3.05, 3.63) is 64.6 Å². The minimum Gasteiger partial charge on any atom is -0.374 e. The van der Waals surface area contributed by atoms with E-state index >= 15 is 0 Å². The van der Waals surface area contributed by atoms with Crippen molar-refractivity contribution in [2.75, 3.05) is 14.2 Å². The summed E-state index contributed by atoms with van der Waals surface area (Å²) < 4.78 is 10.8. The van der Waals surface area contributed by atoms with Crippen molar-refractivity contribution >= 4 is 28.5 Å². The number of carbonyl (C=O) groups excluding carboxylic acids is 1. The number of ether oxygens (including phenoxy) is 2. The molecule has 1 aliphatic heterocycles. The normalized spacial score (nSPS) is 25.7. The lowest BCUT2D eigenvalue weighted by molar-refractivity contribution is -0.115. The Balaban J connectivity index is 1.75. The van der Waals surface area contributed by atoms with E-state index in [2.05, 4.69) is 17.2 Å². The number of hydrogen-bond acceptors (Lipinski definition) is 5. The highest BCUT2D eigenvalue weighted by molar-refractivity contribution is 8.18. The first-order chi connectivity index (χ1) is 12.6. The smallest absolute Gasteiger partial charge is 0.264 e. The van der Waals surface area contributed by atoms with E-state index < -0.39 is 0 Å². The fraction of sp³-hybridized carbons (Fsp3) is 0.300. The number of amides is 1. The molecule has 2 aliphatic rings. The maximum atomic E-state index is 12.2. The lowest BCUT2D eigenvalue weighted by atomic mass is 10.0. The molecule has 6 heteroatoms. The molecule has 1 heterocycles. The highest BCUT2D eigenvalue weighted by Crippen LogP contribution is 2.28. The molecule has 1 amide bonds. The van der Waals surface area contributed by atoms with Crippen molar-refractivity contribution < 1.29 is 14.3 Å². The number of benzene rings is 1. The summed E-state index contributed by atoms with van der Waals surface area (Å²) >= 11 is 1.34. The van der Waals surface area contributed by atoms with Crippen molar-refractivity contribution in [2.45, 2.75) is 25.6 Å². The molecule has 5 nitrogen and oxygen atoms in total. The predicted molar refractivity (Wildman–Crippen MR) is 106 cm³/mol. The summed E-state index contributed by atoms with van der Waals surface area (Å²) in [5, 5.41) is 3.40. The summed E-state index contributed by atoms with van der Waals surface area (Å²) in [7, 11) is 3.29. The van der Waals surface area contributed by atoms with E-state index in [1.165, 1.54) is 17.3 Å². The molecule has 0 saturated carbocycles. The summed E-state index contributed by atoms with van der Waals surface area (Å²) in [6.07, 6.45) is 8.37. The van der Waals surface area contributed by atoms with Gasteiger partial charge in [-0.1, -0.05) is 31.2 Å². The van der Waals surface area contributed by atoms with Gasteiger partial charge in [-0.3, -0.25) is 4.79 Å². The number of hydrogen-bond donors (Lipinski definition) is 1. The minimum atomic E-state index is -0.170. The number of nitrogens with zero attached hydrogens (tertiary/aromatic N) is 1. The number of rotatable bonds is 5. The van der Waals surface area contributed by atoms with Crippen molar-refractivity contribution in [1.82, 2.24) is 5.32 Å². The Morgan fingerprint density at radius 3 is 2.58 bits per heavy atom. The van der Waals surface area contributed by atoms with Gasteiger partial charge < -0.3 is 14.8 Å². The third kappa shape index (κ3) is 4.33. The highest BCUT2D eigenvalue weighted by Gasteiger charge is 2.25. The number of methoxy groups -OCH3 is 2. The van der Waals surface area contributed by atoms with E-state index in [9.17, 15) is 4.79 Å². The van der Waals surface area contributed by atoms with Crippen molar-refractivity contribution in [3.8, 4) is 0 Å². The van der Waals surface area contributed by atoms with Crippen LogP contribution >= 0.6 is 11.8 Å². The zero-order valence-electron chi connectivity index (χ0n) is 15.1. The molecule has 1 aliphatic carbocycles. The summed E-state index contributed by atoms with van der Waals surface area (Å²) in [5.41, 5.74) is 3.00. The Kier molecular flexibility index (Phi) is 6.08. The standard InChI is InChI=1S/C20H22N2O3S/c1-4-13-5-8-15(9-6-13)21-20-22-19(23)18(26-20)12-14-7-10-16(24-2)17(11-14)25-3/h5-12,16-17H,4H2,1-3H3,(H,21,22,23)/b18-12-/t16-,17+/m1/s1. The Labute approximate surface area is 157 Å². The number of allylic oxidation sites excluding steroid dienone is 3. The van der Waals surface area contributed by atoms with E-state index in [1.807, 2.05) is 48.6 Å². The highest BCUT2D eigenvalue weighted by atomic mass is 32.2. The van der Waals surface area contributed by atoms with Crippen LogP contribution in [-0.2, 0) is 20.7 Å². The second-order valence-electron chi connectivity index (χ2n) is 5.93. The van der Waals surface area contributed by atoms with Crippen LogP contribution in [0.1, 0.15) is 12.5 Å². The van der Waals surface area contributed by atoms with Crippen LogP contribution in [0.4, 0.5) is 5.69 Å². The molecule has 1 aromatic carbocycles. The van der Waals surface area contributed by atoms with E-state index in [-0.39, 0.29) is 18.1 Å². The van der Waals surface area contributed by atoms with E-state index in [1.54, 1.807) is 14.2 Å². The number of carbonyl (C=O) groups is 1. The Morgan fingerprint density at radius 2 is 1.92 bits per heavy atom. The molecule has 136 valence electrons. The van der Waals surface area contributed by atoms with Gasteiger partial charge in [-0.05, 0) is 53.6 Å². The van der Waals surface area contributed by atoms with Crippen LogP contribution in [0.15, 0.2) is 64.0 Å². The Morgan fingerprint density at radius 1 is 1.19 bits per heavy atom. The fourth-order valence-corrected chi connectivity index (χ4v) is 3.56. The molecule has 0 radical (unpaired) electrons. The fourth-order valence-electron chi connectivity index (χ4n) is 2.72.